The van der Waals surface area contributed by atoms with Crippen LogP contribution >= 0.6 is 0 Å². The predicted octanol–water partition coefficient (Wildman–Crippen LogP) is 2.76. The highest BCUT2D eigenvalue weighted by Gasteiger charge is 2.22. The van der Waals surface area contributed by atoms with E-state index in [2.05, 4.69) is 55.9 Å². The summed E-state index contributed by atoms with van der Waals surface area (Å²) in [6.07, 6.45) is 3.81. The van der Waals surface area contributed by atoms with Gasteiger partial charge in [0.2, 0.25) is 11.9 Å². The quantitative estimate of drug-likeness (QED) is 0.683. The lowest BCUT2D eigenvalue weighted by atomic mass is 10.2. The monoisotopic (exact) mass is 407 g/mol. The van der Waals surface area contributed by atoms with Crippen LogP contribution in [0.15, 0.2) is 60.9 Å². The van der Waals surface area contributed by atoms with Gasteiger partial charge in [-0.1, -0.05) is 29.8 Å². The van der Waals surface area contributed by atoms with Crippen LogP contribution < -0.4 is 10.2 Å². The van der Waals surface area contributed by atoms with Gasteiger partial charge in [-0.15, -0.1) is 0 Å². The summed E-state index contributed by atoms with van der Waals surface area (Å²) < 4.78 is 15.1. The highest BCUT2D eigenvalue weighted by molar-refractivity contribution is 5.78. The number of benzene rings is 2. The van der Waals surface area contributed by atoms with E-state index in [1.165, 1.54) is 17.7 Å². The van der Waals surface area contributed by atoms with Crippen molar-refractivity contribution in [1.82, 2.24) is 19.8 Å². The van der Waals surface area contributed by atoms with E-state index in [4.69, 9.17) is 0 Å². The fraction of sp³-hybridized carbons (Fsp3) is 0.304. The summed E-state index contributed by atoms with van der Waals surface area (Å²) in [7, 11) is 0. The molecule has 0 bridgehead atoms. The first-order valence-electron chi connectivity index (χ1n) is 10.2. The molecule has 1 aromatic heterocycles. The summed E-state index contributed by atoms with van der Waals surface area (Å²) in [5.41, 5.74) is 3.21. The number of rotatable bonds is 6. The average molecular weight is 407 g/mol. The molecular formula is C23H26FN5O. The minimum absolute atomic E-state index is 0.0195. The Labute approximate surface area is 175 Å². The van der Waals surface area contributed by atoms with Gasteiger partial charge < -0.3 is 10.2 Å². The molecule has 1 aliphatic heterocycles. The molecule has 0 spiro atoms. The molecule has 0 radical (unpaired) electrons. The second-order valence-corrected chi connectivity index (χ2v) is 7.60. The van der Waals surface area contributed by atoms with Crippen molar-refractivity contribution >= 4 is 11.9 Å². The molecule has 3 aromatic rings. The van der Waals surface area contributed by atoms with Gasteiger partial charge in [-0.05, 0) is 36.8 Å². The second kappa shape index (κ2) is 9.09. The third-order valence-corrected chi connectivity index (χ3v) is 5.36. The van der Waals surface area contributed by atoms with E-state index in [0.717, 1.165) is 43.4 Å². The maximum absolute atomic E-state index is 13.0. The Hall–Kier alpha value is -3.19. The summed E-state index contributed by atoms with van der Waals surface area (Å²) in [6.45, 7) is 6.07. The maximum atomic E-state index is 13.0. The first-order chi connectivity index (χ1) is 14.6. The van der Waals surface area contributed by atoms with Gasteiger partial charge in [0.05, 0.1) is 6.54 Å². The van der Waals surface area contributed by atoms with Crippen molar-refractivity contribution in [3.05, 3.63) is 77.9 Å². The molecule has 2 heterocycles. The molecule has 1 amide bonds. The minimum atomic E-state index is -0.272. The van der Waals surface area contributed by atoms with Gasteiger partial charge in [-0.3, -0.25) is 14.3 Å². The molecule has 1 aliphatic rings. The largest absolute Gasteiger partial charge is 0.351 e. The molecule has 0 unspecified atom stereocenters. The van der Waals surface area contributed by atoms with Crippen molar-refractivity contribution in [2.24, 2.45) is 0 Å². The number of hydrogen-bond donors (Lipinski definition) is 1. The Kier molecular flexibility index (Phi) is 6.09. The maximum Gasteiger partial charge on any atom is 0.234 e. The van der Waals surface area contributed by atoms with E-state index in [-0.39, 0.29) is 11.7 Å². The molecule has 1 N–H and O–H groups in total. The van der Waals surface area contributed by atoms with Crippen molar-refractivity contribution < 1.29 is 9.18 Å². The van der Waals surface area contributed by atoms with Gasteiger partial charge in [0, 0.05) is 50.8 Å². The summed E-state index contributed by atoms with van der Waals surface area (Å²) in [4.78, 5) is 21.2. The van der Waals surface area contributed by atoms with Crippen molar-refractivity contribution in [2.75, 3.05) is 37.6 Å². The number of hydrogen-bond acceptors (Lipinski definition) is 4. The number of carbonyl (C=O) groups is 1. The van der Waals surface area contributed by atoms with Crippen LogP contribution in [-0.4, -0.2) is 53.1 Å². The molecule has 0 aliphatic carbocycles. The lowest BCUT2D eigenvalue weighted by molar-refractivity contribution is -0.122. The molecule has 6 nitrogen and oxygen atoms in total. The van der Waals surface area contributed by atoms with E-state index in [1.807, 2.05) is 12.4 Å². The van der Waals surface area contributed by atoms with Gasteiger partial charge in [-0.25, -0.2) is 9.37 Å². The molecule has 1 saturated heterocycles. The Morgan fingerprint density at radius 1 is 1.03 bits per heavy atom. The smallest absolute Gasteiger partial charge is 0.234 e. The number of nitrogens with zero attached hydrogens (tertiary/aromatic N) is 4. The van der Waals surface area contributed by atoms with Crippen LogP contribution in [-0.2, 0) is 11.3 Å². The van der Waals surface area contributed by atoms with Crippen LogP contribution in [0.4, 0.5) is 10.3 Å². The molecule has 0 saturated carbocycles. The summed E-state index contributed by atoms with van der Waals surface area (Å²) in [6, 6.07) is 14.6. The third-order valence-electron chi connectivity index (χ3n) is 5.36. The summed E-state index contributed by atoms with van der Waals surface area (Å²) >= 11 is 0. The zero-order valence-electron chi connectivity index (χ0n) is 17.1. The summed E-state index contributed by atoms with van der Waals surface area (Å²) in [5.74, 6) is 0.638. The Morgan fingerprint density at radius 3 is 2.43 bits per heavy atom. The number of aryl methyl sites for hydroxylation is 1. The van der Waals surface area contributed by atoms with E-state index < -0.39 is 0 Å². The topological polar surface area (TPSA) is 53.4 Å². The summed E-state index contributed by atoms with van der Waals surface area (Å²) in [5, 5.41) is 2.91. The third kappa shape index (κ3) is 4.86. The highest BCUT2D eigenvalue weighted by atomic mass is 19.1. The lowest BCUT2D eigenvalue weighted by Gasteiger charge is -2.35. The van der Waals surface area contributed by atoms with E-state index >= 15 is 0 Å². The SMILES string of the molecule is Cc1ccc(-n2ccnc2N2CCN(CC(=O)NCc3ccc(F)cc3)CC2)cc1. The number of nitrogens with one attached hydrogen (secondary N) is 1. The lowest BCUT2D eigenvalue weighted by Crippen LogP contribution is -2.50. The molecule has 2 aromatic carbocycles. The van der Waals surface area contributed by atoms with Gasteiger partial charge in [0.15, 0.2) is 0 Å². The number of piperazine rings is 1. The van der Waals surface area contributed by atoms with Gasteiger partial charge in [0.1, 0.15) is 5.82 Å². The van der Waals surface area contributed by atoms with E-state index in [9.17, 15) is 9.18 Å². The Morgan fingerprint density at radius 2 is 1.73 bits per heavy atom. The second-order valence-electron chi connectivity index (χ2n) is 7.60. The zero-order chi connectivity index (χ0) is 20.9. The molecule has 4 rings (SSSR count). The molecule has 156 valence electrons. The highest BCUT2D eigenvalue weighted by Crippen LogP contribution is 2.20. The van der Waals surface area contributed by atoms with Crippen molar-refractivity contribution in [3.8, 4) is 5.69 Å². The van der Waals surface area contributed by atoms with Crippen LogP contribution in [0.5, 0.6) is 0 Å². The van der Waals surface area contributed by atoms with Crippen LogP contribution in [0, 0.1) is 12.7 Å². The number of imidazole rings is 1. The zero-order valence-corrected chi connectivity index (χ0v) is 17.1. The molecule has 0 atom stereocenters. The van der Waals surface area contributed by atoms with Crippen LogP contribution in [0.3, 0.4) is 0 Å². The fourth-order valence-electron chi connectivity index (χ4n) is 3.60. The predicted molar refractivity (Wildman–Crippen MR) is 115 cm³/mol. The first-order valence-corrected chi connectivity index (χ1v) is 10.2. The van der Waals surface area contributed by atoms with Crippen molar-refractivity contribution in [1.29, 1.82) is 0 Å². The van der Waals surface area contributed by atoms with Crippen LogP contribution in [0.1, 0.15) is 11.1 Å². The first kappa shape index (κ1) is 20.1. The van der Waals surface area contributed by atoms with E-state index in [1.54, 1.807) is 12.1 Å². The normalized spacial score (nSPS) is 14.7. The van der Waals surface area contributed by atoms with Crippen molar-refractivity contribution in [3.63, 3.8) is 0 Å². The molecule has 30 heavy (non-hydrogen) atoms. The Balaban J connectivity index is 1.28. The molecule has 1 fully saturated rings. The van der Waals surface area contributed by atoms with Crippen LogP contribution in [0.2, 0.25) is 0 Å². The van der Waals surface area contributed by atoms with Gasteiger partial charge >= 0.3 is 0 Å². The fourth-order valence-corrected chi connectivity index (χ4v) is 3.60. The average Bonchev–Trinajstić information content (AvgIpc) is 3.24. The van der Waals surface area contributed by atoms with E-state index in [0.29, 0.717) is 13.1 Å². The number of halogens is 1. The Bertz CT molecular complexity index is 976. The number of anilines is 1. The van der Waals surface area contributed by atoms with Gasteiger partial charge in [-0.2, -0.15) is 0 Å². The number of aromatic nitrogens is 2. The molecule has 7 heteroatoms. The minimum Gasteiger partial charge on any atom is -0.351 e. The van der Waals surface area contributed by atoms with Crippen molar-refractivity contribution in [2.45, 2.75) is 13.5 Å². The van der Waals surface area contributed by atoms with Crippen LogP contribution in [0.25, 0.3) is 5.69 Å². The number of amides is 1. The standard InChI is InChI=1S/C23H26FN5O/c1-18-2-8-21(9-3-18)29-11-10-25-23(29)28-14-12-27(13-15-28)17-22(30)26-16-19-4-6-20(24)7-5-19/h2-11H,12-17H2,1H3,(H,26,30). The van der Waals surface area contributed by atoms with Gasteiger partial charge in [0.25, 0.3) is 0 Å². The molecular weight excluding hydrogens is 381 g/mol. The number of carbonyl (C=O) groups excluding carboxylic acids is 1.